The van der Waals surface area contributed by atoms with E-state index in [2.05, 4.69) is 38.7 Å². The molecule has 2 aromatic rings. The molecule has 142 valence electrons. The van der Waals surface area contributed by atoms with E-state index in [0.29, 0.717) is 11.7 Å². The molecule has 0 radical (unpaired) electrons. The van der Waals surface area contributed by atoms with Crippen molar-refractivity contribution in [2.75, 3.05) is 5.32 Å². The predicted octanol–water partition coefficient (Wildman–Crippen LogP) is 5.30. The smallest absolute Gasteiger partial charge is 0.226 e. The van der Waals surface area contributed by atoms with Crippen molar-refractivity contribution in [3.8, 4) is 0 Å². The Morgan fingerprint density at radius 3 is 2.65 bits per heavy atom. The van der Waals surface area contributed by atoms with Crippen LogP contribution in [0, 0.1) is 17.8 Å². The molecule has 26 heavy (non-hydrogen) atoms. The Morgan fingerprint density at radius 2 is 1.96 bits per heavy atom. The molecule has 6 heteroatoms. The lowest BCUT2D eigenvalue weighted by Gasteiger charge is -2.32. The molecule has 0 amide bonds. The molecule has 0 unspecified atom stereocenters. The van der Waals surface area contributed by atoms with Crippen molar-refractivity contribution in [1.29, 1.82) is 0 Å². The Hall–Kier alpha value is -1.36. The SMILES string of the molecule is C[C@@H](Nc1nc(Cl)nc2ncn(CC[C@H]3CC[C@H](C)CC3)c12)C1CCC1. The van der Waals surface area contributed by atoms with Gasteiger partial charge in [0.15, 0.2) is 11.5 Å². The third kappa shape index (κ3) is 3.83. The van der Waals surface area contributed by atoms with Crippen molar-refractivity contribution in [3.63, 3.8) is 0 Å². The van der Waals surface area contributed by atoms with Gasteiger partial charge in [-0.25, -0.2) is 4.98 Å². The summed E-state index contributed by atoms with van der Waals surface area (Å²) in [7, 11) is 0. The Labute approximate surface area is 161 Å². The van der Waals surface area contributed by atoms with Gasteiger partial charge in [-0.05, 0) is 55.5 Å². The molecule has 2 heterocycles. The van der Waals surface area contributed by atoms with E-state index in [0.717, 1.165) is 35.6 Å². The van der Waals surface area contributed by atoms with Crippen LogP contribution in [-0.4, -0.2) is 25.6 Å². The number of fused-ring (bicyclic) bond motifs is 1. The Balaban J connectivity index is 1.51. The minimum atomic E-state index is 0.271. The standard InChI is InChI=1S/C20H30ClN5/c1-13-6-8-15(9-7-13)10-11-26-12-22-18-17(26)19(25-20(21)24-18)23-14(2)16-4-3-5-16/h12-16H,3-11H2,1-2H3,(H,23,24,25)/t13-,14-,15-/m1/s1. The summed E-state index contributed by atoms with van der Waals surface area (Å²) in [6.45, 7) is 5.60. The first-order valence-corrected chi connectivity index (χ1v) is 10.6. The van der Waals surface area contributed by atoms with Gasteiger partial charge in [-0.2, -0.15) is 9.97 Å². The second-order valence-corrected chi connectivity index (χ2v) is 8.83. The molecule has 0 aromatic carbocycles. The first kappa shape index (κ1) is 18.0. The maximum absolute atomic E-state index is 6.14. The quantitative estimate of drug-likeness (QED) is 0.696. The highest BCUT2D eigenvalue weighted by molar-refractivity contribution is 6.28. The summed E-state index contributed by atoms with van der Waals surface area (Å²) in [5.74, 6) is 3.32. The van der Waals surface area contributed by atoms with Gasteiger partial charge in [0.05, 0.1) is 6.33 Å². The first-order valence-electron chi connectivity index (χ1n) is 10.2. The molecule has 2 aromatic heterocycles. The molecule has 1 atom stereocenters. The zero-order valence-corrected chi connectivity index (χ0v) is 16.7. The van der Waals surface area contributed by atoms with Crippen LogP contribution in [0.25, 0.3) is 11.2 Å². The van der Waals surface area contributed by atoms with E-state index in [9.17, 15) is 0 Å². The number of halogens is 1. The second-order valence-electron chi connectivity index (χ2n) is 8.49. The minimum Gasteiger partial charge on any atom is -0.365 e. The van der Waals surface area contributed by atoms with Crippen molar-refractivity contribution < 1.29 is 0 Å². The van der Waals surface area contributed by atoms with Crippen molar-refractivity contribution in [1.82, 2.24) is 19.5 Å². The molecule has 0 aliphatic heterocycles. The Bertz CT molecular complexity index is 746. The number of aryl methyl sites for hydroxylation is 1. The molecule has 5 nitrogen and oxygen atoms in total. The first-order chi connectivity index (χ1) is 12.6. The fourth-order valence-corrected chi connectivity index (χ4v) is 4.60. The van der Waals surface area contributed by atoms with Crippen LogP contribution in [0.1, 0.15) is 65.2 Å². The molecule has 2 aliphatic carbocycles. The van der Waals surface area contributed by atoms with E-state index in [1.54, 1.807) is 0 Å². The lowest BCUT2D eigenvalue weighted by atomic mass is 9.80. The summed E-state index contributed by atoms with van der Waals surface area (Å²) >= 11 is 6.14. The Kier molecular flexibility index (Phi) is 5.35. The fourth-order valence-electron chi connectivity index (χ4n) is 4.44. The van der Waals surface area contributed by atoms with Gasteiger partial charge in [0, 0.05) is 12.6 Å². The molecular weight excluding hydrogens is 346 g/mol. The van der Waals surface area contributed by atoms with Crippen LogP contribution >= 0.6 is 11.6 Å². The molecule has 1 N–H and O–H groups in total. The molecule has 4 rings (SSSR count). The average Bonchev–Trinajstić information content (AvgIpc) is 2.95. The van der Waals surface area contributed by atoms with Gasteiger partial charge in [-0.15, -0.1) is 0 Å². The monoisotopic (exact) mass is 375 g/mol. The van der Waals surface area contributed by atoms with Crippen LogP contribution in [0.15, 0.2) is 6.33 Å². The number of rotatable bonds is 6. The van der Waals surface area contributed by atoms with E-state index in [1.807, 2.05) is 6.33 Å². The zero-order valence-electron chi connectivity index (χ0n) is 15.9. The van der Waals surface area contributed by atoms with E-state index >= 15 is 0 Å². The van der Waals surface area contributed by atoms with Crippen LogP contribution in [0.5, 0.6) is 0 Å². The highest BCUT2D eigenvalue weighted by Gasteiger charge is 2.25. The van der Waals surface area contributed by atoms with Gasteiger partial charge < -0.3 is 9.88 Å². The maximum Gasteiger partial charge on any atom is 0.226 e. The van der Waals surface area contributed by atoms with Gasteiger partial charge in [0.25, 0.3) is 0 Å². The van der Waals surface area contributed by atoms with E-state index in [4.69, 9.17) is 11.6 Å². The summed E-state index contributed by atoms with van der Waals surface area (Å²) in [4.78, 5) is 13.3. The van der Waals surface area contributed by atoms with Gasteiger partial charge in [-0.3, -0.25) is 0 Å². The van der Waals surface area contributed by atoms with Crippen LogP contribution in [0.3, 0.4) is 0 Å². The number of nitrogens with one attached hydrogen (secondary N) is 1. The van der Waals surface area contributed by atoms with Gasteiger partial charge in [-0.1, -0.05) is 39.0 Å². The average molecular weight is 376 g/mol. The summed E-state index contributed by atoms with van der Waals surface area (Å²) < 4.78 is 2.22. The topological polar surface area (TPSA) is 55.6 Å². The third-order valence-corrected chi connectivity index (χ3v) is 6.75. The summed E-state index contributed by atoms with van der Waals surface area (Å²) in [5.41, 5.74) is 1.70. The third-order valence-electron chi connectivity index (χ3n) is 6.58. The molecule has 2 saturated carbocycles. The number of aromatic nitrogens is 4. The van der Waals surface area contributed by atoms with Crippen molar-refractivity contribution >= 4 is 28.6 Å². The second kappa shape index (κ2) is 7.71. The number of imidazole rings is 1. The number of hydrogen-bond donors (Lipinski definition) is 1. The number of nitrogens with zero attached hydrogens (tertiary/aromatic N) is 4. The number of anilines is 1. The summed E-state index contributed by atoms with van der Waals surface area (Å²) in [6, 6.07) is 0.404. The molecule has 2 aliphatic rings. The summed E-state index contributed by atoms with van der Waals surface area (Å²) in [5, 5.41) is 3.87. The maximum atomic E-state index is 6.14. The Morgan fingerprint density at radius 1 is 1.19 bits per heavy atom. The van der Waals surface area contributed by atoms with Crippen LogP contribution in [-0.2, 0) is 6.54 Å². The minimum absolute atomic E-state index is 0.271. The molecular formula is C20H30ClN5. The highest BCUT2D eigenvalue weighted by Crippen LogP contribution is 2.33. The van der Waals surface area contributed by atoms with E-state index in [-0.39, 0.29) is 5.28 Å². The molecule has 2 fully saturated rings. The predicted molar refractivity (Wildman–Crippen MR) is 106 cm³/mol. The van der Waals surface area contributed by atoms with Gasteiger partial charge in [0.2, 0.25) is 5.28 Å². The van der Waals surface area contributed by atoms with Crippen LogP contribution in [0.4, 0.5) is 5.82 Å². The molecule has 0 saturated heterocycles. The van der Waals surface area contributed by atoms with Crippen molar-refractivity contribution in [3.05, 3.63) is 11.6 Å². The largest absolute Gasteiger partial charge is 0.365 e. The molecule has 0 bridgehead atoms. The van der Waals surface area contributed by atoms with Crippen molar-refractivity contribution in [2.45, 2.75) is 77.8 Å². The van der Waals surface area contributed by atoms with Gasteiger partial charge in [0.1, 0.15) is 5.52 Å². The van der Waals surface area contributed by atoms with E-state index < -0.39 is 0 Å². The van der Waals surface area contributed by atoms with E-state index in [1.165, 1.54) is 51.4 Å². The lowest BCUT2D eigenvalue weighted by Crippen LogP contribution is -2.31. The summed E-state index contributed by atoms with van der Waals surface area (Å²) in [6.07, 6.45) is 12.5. The fraction of sp³-hybridized carbons (Fsp3) is 0.750. The van der Waals surface area contributed by atoms with Crippen LogP contribution < -0.4 is 5.32 Å². The lowest BCUT2D eigenvalue weighted by molar-refractivity contribution is 0.269. The van der Waals surface area contributed by atoms with Crippen LogP contribution in [0.2, 0.25) is 5.28 Å². The van der Waals surface area contributed by atoms with Gasteiger partial charge >= 0.3 is 0 Å². The highest BCUT2D eigenvalue weighted by atomic mass is 35.5. The number of hydrogen-bond acceptors (Lipinski definition) is 4. The van der Waals surface area contributed by atoms with Crippen molar-refractivity contribution in [2.24, 2.45) is 17.8 Å². The molecule has 0 spiro atoms. The zero-order chi connectivity index (χ0) is 18.1. The normalized spacial score (nSPS) is 25.2.